The molecule has 0 aliphatic carbocycles. The van der Waals surface area contributed by atoms with Gasteiger partial charge in [0.1, 0.15) is 16.5 Å². The zero-order chi connectivity index (χ0) is 19.6. The normalized spacial score (nSPS) is 11.5. The van der Waals surface area contributed by atoms with Crippen molar-refractivity contribution in [3.63, 3.8) is 0 Å². The van der Waals surface area contributed by atoms with Crippen molar-refractivity contribution in [2.75, 3.05) is 7.11 Å². The molecule has 3 heterocycles. The van der Waals surface area contributed by atoms with E-state index < -0.39 is 0 Å². The van der Waals surface area contributed by atoms with Gasteiger partial charge >= 0.3 is 0 Å². The fourth-order valence-corrected chi connectivity index (χ4v) is 3.68. The number of aromatic nitrogens is 6. The Bertz CT molecular complexity index is 1280. The van der Waals surface area contributed by atoms with Gasteiger partial charge < -0.3 is 4.74 Å². The summed E-state index contributed by atoms with van der Waals surface area (Å²) in [5.74, 6) is 1.47. The van der Waals surface area contributed by atoms with E-state index in [0.717, 1.165) is 38.2 Å². The van der Waals surface area contributed by atoms with Crippen LogP contribution in [-0.2, 0) is 0 Å². The second kappa shape index (κ2) is 7.33. The highest BCUT2D eigenvalue weighted by molar-refractivity contribution is 7.17. The molecule has 0 fully saturated rings. The zero-order valence-electron chi connectivity index (χ0n) is 15.5. The van der Waals surface area contributed by atoms with Crippen molar-refractivity contribution in [3.8, 4) is 28.5 Å². The van der Waals surface area contributed by atoms with Crippen LogP contribution >= 0.6 is 11.3 Å². The Labute approximate surface area is 170 Å². The van der Waals surface area contributed by atoms with Crippen molar-refractivity contribution in [3.05, 3.63) is 71.2 Å². The average Bonchev–Trinajstić information content (AvgIpc) is 3.49. The number of H-pyrrole nitrogens is 1. The molecule has 0 spiro atoms. The SMILES string of the molecule is COc1ccc(/C=C/c2nn3c(-c4cc(-c5ccccc5)n[nH]4)nnc3s2)cc1. The third kappa shape index (κ3) is 3.41. The number of nitrogens with one attached hydrogen (secondary N) is 1. The van der Waals surface area contributed by atoms with E-state index >= 15 is 0 Å². The maximum absolute atomic E-state index is 5.19. The minimum absolute atomic E-state index is 0.634. The summed E-state index contributed by atoms with van der Waals surface area (Å²) >= 11 is 1.48. The smallest absolute Gasteiger partial charge is 0.235 e. The summed E-state index contributed by atoms with van der Waals surface area (Å²) in [6.07, 6.45) is 3.97. The molecular formula is C21H16N6OS. The van der Waals surface area contributed by atoms with Crippen LogP contribution < -0.4 is 4.74 Å². The highest BCUT2D eigenvalue weighted by Gasteiger charge is 2.15. The summed E-state index contributed by atoms with van der Waals surface area (Å²) in [5.41, 5.74) is 3.73. The van der Waals surface area contributed by atoms with Crippen molar-refractivity contribution >= 4 is 28.4 Å². The molecule has 3 aromatic heterocycles. The summed E-state index contributed by atoms with van der Waals surface area (Å²) in [4.78, 5) is 0.727. The van der Waals surface area contributed by atoms with Crippen molar-refractivity contribution < 1.29 is 4.74 Å². The third-order valence-electron chi connectivity index (χ3n) is 4.43. The molecule has 0 radical (unpaired) electrons. The van der Waals surface area contributed by atoms with E-state index in [1.807, 2.05) is 72.8 Å². The molecule has 29 heavy (non-hydrogen) atoms. The molecular weight excluding hydrogens is 384 g/mol. The maximum atomic E-state index is 5.19. The lowest BCUT2D eigenvalue weighted by molar-refractivity contribution is 0.415. The molecule has 1 N–H and O–H groups in total. The lowest BCUT2D eigenvalue weighted by atomic mass is 10.1. The minimum atomic E-state index is 0.634. The summed E-state index contributed by atoms with van der Waals surface area (Å²) < 4.78 is 6.92. The van der Waals surface area contributed by atoms with Crippen LogP contribution in [0.15, 0.2) is 60.7 Å². The van der Waals surface area contributed by atoms with E-state index in [1.165, 1.54) is 11.3 Å². The van der Waals surface area contributed by atoms with Gasteiger partial charge in [-0.25, -0.2) is 0 Å². The van der Waals surface area contributed by atoms with E-state index in [2.05, 4.69) is 25.5 Å². The van der Waals surface area contributed by atoms with Crippen molar-refractivity contribution in [2.24, 2.45) is 0 Å². The first-order valence-electron chi connectivity index (χ1n) is 8.96. The number of aromatic amines is 1. The van der Waals surface area contributed by atoms with Gasteiger partial charge in [0.05, 0.1) is 12.8 Å². The van der Waals surface area contributed by atoms with Crippen molar-refractivity contribution in [2.45, 2.75) is 0 Å². The number of rotatable bonds is 5. The van der Waals surface area contributed by atoms with Gasteiger partial charge in [-0.2, -0.15) is 14.7 Å². The molecule has 142 valence electrons. The molecule has 0 unspecified atom stereocenters. The Balaban J connectivity index is 1.43. The van der Waals surface area contributed by atoms with Crippen LogP contribution in [0.5, 0.6) is 5.75 Å². The zero-order valence-corrected chi connectivity index (χ0v) is 16.3. The predicted molar refractivity (Wildman–Crippen MR) is 114 cm³/mol. The quantitative estimate of drug-likeness (QED) is 0.472. The second-order valence-corrected chi connectivity index (χ2v) is 7.29. The molecule has 7 nitrogen and oxygen atoms in total. The van der Waals surface area contributed by atoms with E-state index in [0.29, 0.717) is 5.82 Å². The van der Waals surface area contributed by atoms with E-state index in [1.54, 1.807) is 11.6 Å². The summed E-state index contributed by atoms with van der Waals surface area (Å²) in [5, 5.41) is 21.4. The largest absolute Gasteiger partial charge is 0.497 e. The van der Waals surface area contributed by atoms with Crippen LogP contribution in [0.3, 0.4) is 0 Å². The lowest BCUT2D eigenvalue weighted by Gasteiger charge is -1.98. The van der Waals surface area contributed by atoms with Gasteiger partial charge in [-0.05, 0) is 29.8 Å². The Morgan fingerprint density at radius 3 is 2.62 bits per heavy atom. The molecule has 5 rings (SSSR count). The highest BCUT2D eigenvalue weighted by atomic mass is 32.1. The van der Waals surface area contributed by atoms with Gasteiger partial charge in [0.2, 0.25) is 10.8 Å². The van der Waals surface area contributed by atoms with Gasteiger partial charge in [-0.1, -0.05) is 59.9 Å². The number of fused-ring (bicyclic) bond motifs is 1. The minimum Gasteiger partial charge on any atom is -0.497 e. The Hall–Kier alpha value is -3.78. The fourth-order valence-electron chi connectivity index (χ4n) is 2.94. The molecule has 0 atom stereocenters. The number of ether oxygens (including phenoxy) is 1. The van der Waals surface area contributed by atoms with Gasteiger partial charge in [-0.3, -0.25) is 5.10 Å². The van der Waals surface area contributed by atoms with Crippen molar-refractivity contribution in [1.82, 2.24) is 30.0 Å². The summed E-state index contributed by atoms with van der Waals surface area (Å²) in [6.45, 7) is 0. The van der Waals surface area contributed by atoms with Gasteiger partial charge in [-0.15, -0.1) is 10.2 Å². The Kier molecular flexibility index (Phi) is 4.38. The van der Waals surface area contributed by atoms with Crippen LogP contribution in [0.1, 0.15) is 10.6 Å². The van der Waals surface area contributed by atoms with Crippen LogP contribution in [0, 0.1) is 0 Å². The van der Waals surface area contributed by atoms with Crippen LogP contribution in [-0.4, -0.2) is 37.1 Å². The number of hydrogen-bond donors (Lipinski definition) is 1. The topological polar surface area (TPSA) is 81.0 Å². The molecule has 0 saturated carbocycles. The monoisotopic (exact) mass is 400 g/mol. The number of nitrogens with zero attached hydrogens (tertiary/aromatic N) is 5. The maximum Gasteiger partial charge on any atom is 0.235 e. The van der Waals surface area contributed by atoms with Gasteiger partial charge in [0.15, 0.2) is 0 Å². The van der Waals surface area contributed by atoms with Gasteiger partial charge in [0.25, 0.3) is 0 Å². The molecule has 8 heteroatoms. The fraction of sp³-hybridized carbons (Fsp3) is 0.0476. The summed E-state index contributed by atoms with van der Waals surface area (Å²) in [7, 11) is 1.66. The van der Waals surface area contributed by atoms with Crippen LogP contribution in [0.25, 0.3) is 39.9 Å². The first kappa shape index (κ1) is 17.3. The molecule has 2 aromatic carbocycles. The van der Waals surface area contributed by atoms with Crippen LogP contribution in [0.4, 0.5) is 0 Å². The predicted octanol–water partition coefficient (Wildman–Crippen LogP) is 4.42. The lowest BCUT2D eigenvalue weighted by Crippen LogP contribution is -1.90. The number of hydrogen-bond acceptors (Lipinski definition) is 6. The van der Waals surface area contributed by atoms with E-state index in [4.69, 9.17) is 4.74 Å². The molecule has 0 saturated heterocycles. The molecule has 0 aliphatic heterocycles. The highest BCUT2D eigenvalue weighted by Crippen LogP contribution is 2.25. The van der Waals surface area contributed by atoms with Crippen LogP contribution in [0.2, 0.25) is 0 Å². The average molecular weight is 400 g/mol. The first-order chi connectivity index (χ1) is 14.3. The van der Waals surface area contributed by atoms with Crippen molar-refractivity contribution in [1.29, 1.82) is 0 Å². The van der Waals surface area contributed by atoms with E-state index in [9.17, 15) is 0 Å². The Morgan fingerprint density at radius 1 is 1.00 bits per heavy atom. The number of methoxy groups -OCH3 is 1. The Morgan fingerprint density at radius 2 is 1.83 bits per heavy atom. The number of benzene rings is 2. The van der Waals surface area contributed by atoms with Gasteiger partial charge in [0, 0.05) is 5.56 Å². The summed E-state index contributed by atoms with van der Waals surface area (Å²) in [6, 6.07) is 19.8. The molecule has 0 bridgehead atoms. The first-order valence-corrected chi connectivity index (χ1v) is 9.77. The molecule has 0 aliphatic rings. The third-order valence-corrected chi connectivity index (χ3v) is 5.29. The second-order valence-electron chi connectivity index (χ2n) is 6.30. The molecule has 0 amide bonds. The van der Waals surface area contributed by atoms with E-state index in [-0.39, 0.29) is 0 Å². The molecule has 5 aromatic rings. The standard InChI is InChI=1S/C21H16N6OS/c1-28-16-10-7-14(8-11-16)9-12-19-26-27-20(24-25-21(27)29-19)18-13-17(22-23-18)15-5-3-2-4-6-15/h2-13H,1H3,(H,22,23)/b12-9+.